The quantitative estimate of drug-likeness (QED) is 0.347. The van der Waals surface area contributed by atoms with Gasteiger partial charge < -0.3 is 25.3 Å². The first-order valence-corrected chi connectivity index (χ1v) is 12.3. The second kappa shape index (κ2) is 11.0. The smallest absolute Gasteiger partial charge is 0.263 e. The summed E-state index contributed by atoms with van der Waals surface area (Å²) in [5, 5.41) is 8.37. The van der Waals surface area contributed by atoms with Gasteiger partial charge in [0.05, 0.1) is 29.7 Å². The predicted octanol–water partition coefficient (Wildman–Crippen LogP) is 3.90. The lowest BCUT2D eigenvalue weighted by Crippen LogP contribution is -2.32. The van der Waals surface area contributed by atoms with Gasteiger partial charge in [0.15, 0.2) is 5.82 Å². The molecule has 0 aromatic carbocycles. The Bertz CT molecular complexity index is 997. The maximum absolute atomic E-state index is 15.0. The molecule has 0 aliphatic heterocycles. The third-order valence-electron chi connectivity index (χ3n) is 6.83. The molecule has 2 aromatic heterocycles. The summed E-state index contributed by atoms with van der Waals surface area (Å²) in [7, 11) is 1.63. The number of anilines is 1. The summed E-state index contributed by atoms with van der Waals surface area (Å²) < 4.78 is 26.4. The van der Waals surface area contributed by atoms with E-state index >= 15 is 4.39 Å². The highest BCUT2D eigenvalue weighted by Gasteiger charge is 2.21. The predicted molar refractivity (Wildman–Crippen MR) is 128 cm³/mol. The van der Waals surface area contributed by atoms with E-state index in [1.807, 2.05) is 0 Å². The van der Waals surface area contributed by atoms with E-state index in [1.54, 1.807) is 14.0 Å². The molecule has 2 aliphatic carbocycles. The van der Waals surface area contributed by atoms with Crippen LogP contribution in [0.3, 0.4) is 0 Å². The van der Waals surface area contributed by atoms with Crippen LogP contribution in [0.5, 0.6) is 5.75 Å². The third kappa shape index (κ3) is 5.97. The summed E-state index contributed by atoms with van der Waals surface area (Å²) in [6.07, 6.45) is 11.3. The Morgan fingerprint density at radius 1 is 1.21 bits per heavy atom. The van der Waals surface area contributed by atoms with E-state index in [1.165, 1.54) is 36.8 Å². The summed E-state index contributed by atoms with van der Waals surface area (Å²) in [5.74, 6) is 7.63. The van der Waals surface area contributed by atoms with Crippen molar-refractivity contribution in [3.63, 3.8) is 0 Å². The van der Waals surface area contributed by atoms with Gasteiger partial charge in [0, 0.05) is 19.5 Å². The van der Waals surface area contributed by atoms with Crippen LogP contribution in [-0.2, 0) is 6.42 Å². The Kier molecular flexibility index (Phi) is 7.87. The van der Waals surface area contributed by atoms with Gasteiger partial charge in [0.2, 0.25) is 5.89 Å². The minimum absolute atomic E-state index is 0.0388. The minimum atomic E-state index is -0.550. The molecule has 2 aromatic rings. The maximum atomic E-state index is 15.0. The van der Waals surface area contributed by atoms with E-state index in [0.29, 0.717) is 29.0 Å². The molecule has 5 N–H and O–H groups in total. The number of rotatable bonds is 10. The molecule has 186 valence electrons. The number of nitrogens with one attached hydrogen (secondary N) is 1. The number of aromatic nitrogens is 3. The monoisotopic (exact) mass is 473 g/mol. The van der Waals surface area contributed by atoms with Crippen molar-refractivity contribution in [1.82, 2.24) is 20.1 Å². The highest BCUT2D eigenvalue weighted by molar-refractivity contribution is 5.64. The molecule has 10 heteroatoms. The number of hydrogen-bond donors (Lipinski definition) is 3. The molecular weight excluding hydrogens is 437 g/mol. The number of pyridine rings is 1. The lowest BCUT2D eigenvalue weighted by atomic mass is 9.82. The lowest BCUT2D eigenvalue weighted by molar-refractivity contribution is 0.152. The van der Waals surface area contributed by atoms with Crippen molar-refractivity contribution in [3.8, 4) is 5.75 Å². The summed E-state index contributed by atoms with van der Waals surface area (Å²) in [6, 6.07) is 1.37. The van der Waals surface area contributed by atoms with E-state index in [9.17, 15) is 0 Å². The first-order chi connectivity index (χ1) is 16.4. The molecule has 2 heterocycles. The second-order valence-electron chi connectivity index (χ2n) is 9.45. The zero-order valence-corrected chi connectivity index (χ0v) is 20.1. The Balaban J connectivity index is 1.43. The molecule has 34 heavy (non-hydrogen) atoms. The van der Waals surface area contributed by atoms with Crippen molar-refractivity contribution in [3.05, 3.63) is 34.9 Å². The number of halogens is 1. The Morgan fingerprint density at radius 3 is 2.65 bits per heavy atom. The van der Waals surface area contributed by atoms with Crippen molar-refractivity contribution in [2.24, 2.45) is 17.5 Å². The number of aryl methyl sites for hydroxylation is 2. The molecule has 4 rings (SSSR count). The second-order valence-corrected chi connectivity index (χ2v) is 9.45. The number of hydrogen-bond acceptors (Lipinski definition) is 9. The molecule has 9 nitrogen and oxygen atoms in total. The molecule has 0 unspecified atom stereocenters. The van der Waals surface area contributed by atoms with E-state index in [0.717, 1.165) is 44.4 Å². The molecular formula is C24H36FN7O2. The standard InChI is InChI=1S/C24H36FN7O2/c1-15-20(33-17-9-4-3-5-10-17)13-18(25)23(29-15)22(26)19(32(2)27)14-28-24-30-21(34-31-24)12-11-16-7-6-8-16/h13,16-17H,3-12,14,26-27H2,1-2H3,(H,28,31)/b22-19-. The molecule has 0 amide bonds. The van der Waals surface area contributed by atoms with Crippen LogP contribution < -0.4 is 21.6 Å². The summed E-state index contributed by atoms with van der Waals surface area (Å²) in [5.41, 5.74) is 7.54. The van der Waals surface area contributed by atoms with Crippen molar-refractivity contribution in [2.45, 2.75) is 77.2 Å². The number of nitrogens with zero attached hydrogens (tertiary/aromatic N) is 4. The number of hydrazine groups is 1. The molecule has 0 saturated heterocycles. The van der Waals surface area contributed by atoms with Gasteiger partial charge >= 0.3 is 0 Å². The van der Waals surface area contributed by atoms with Crippen molar-refractivity contribution < 1.29 is 13.7 Å². The van der Waals surface area contributed by atoms with Gasteiger partial charge in [-0.2, -0.15) is 4.98 Å². The molecule has 2 aliphatic rings. The van der Waals surface area contributed by atoms with Gasteiger partial charge in [0.1, 0.15) is 11.4 Å². The Hall–Kier alpha value is -2.88. The average molecular weight is 474 g/mol. The van der Waals surface area contributed by atoms with Gasteiger partial charge in [-0.3, -0.25) is 0 Å². The number of likely N-dealkylation sites (N-methyl/N-ethyl adjacent to an activating group) is 1. The van der Waals surface area contributed by atoms with Gasteiger partial charge in [-0.25, -0.2) is 15.2 Å². The van der Waals surface area contributed by atoms with Gasteiger partial charge in [-0.05, 0) is 50.1 Å². The Morgan fingerprint density at radius 2 is 1.97 bits per heavy atom. The number of nitrogens with two attached hydrogens (primary N) is 2. The highest BCUT2D eigenvalue weighted by atomic mass is 19.1. The molecule has 2 fully saturated rings. The average Bonchev–Trinajstić information content (AvgIpc) is 3.23. The summed E-state index contributed by atoms with van der Waals surface area (Å²) >= 11 is 0. The topological polar surface area (TPSA) is 128 Å². The van der Waals surface area contributed by atoms with E-state index < -0.39 is 5.82 Å². The maximum Gasteiger partial charge on any atom is 0.263 e. The van der Waals surface area contributed by atoms with E-state index in [2.05, 4.69) is 20.4 Å². The van der Waals surface area contributed by atoms with Crippen molar-refractivity contribution in [2.75, 3.05) is 18.9 Å². The van der Waals surface area contributed by atoms with Gasteiger partial charge in [-0.15, -0.1) is 0 Å². The molecule has 0 spiro atoms. The van der Waals surface area contributed by atoms with E-state index in [-0.39, 0.29) is 24.0 Å². The summed E-state index contributed by atoms with van der Waals surface area (Å²) in [4.78, 5) is 8.80. The van der Waals surface area contributed by atoms with Gasteiger partial charge in [0.25, 0.3) is 5.95 Å². The molecule has 2 saturated carbocycles. The highest BCUT2D eigenvalue weighted by Crippen LogP contribution is 2.30. The van der Waals surface area contributed by atoms with Crippen LogP contribution in [0.15, 0.2) is 16.3 Å². The van der Waals surface area contributed by atoms with Crippen LogP contribution in [0.25, 0.3) is 5.70 Å². The van der Waals surface area contributed by atoms with Crippen LogP contribution in [0.2, 0.25) is 0 Å². The van der Waals surface area contributed by atoms with Crippen molar-refractivity contribution in [1.29, 1.82) is 0 Å². The molecule has 0 radical (unpaired) electrons. The molecule has 0 bridgehead atoms. The zero-order valence-electron chi connectivity index (χ0n) is 20.1. The van der Waals surface area contributed by atoms with Crippen LogP contribution in [0, 0.1) is 18.7 Å². The van der Waals surface area contributed by atoms with Crippen LogP contribution in [0.1, 0.15) is 75.1 Å². The fourth-order valence-corrected chi connectivity index (χ4v) is 4.48. The Labute approximate surface area is 200 Å². The first-order valence-electron chi connectivity index (χ1n) is 12.3. The third-order valence-corrected chi connectivity index (χ3v) is 6.83. The SMILES string of the molecule is Cc1nc(/C(N)=C(\CNc2noc(CCC3CCC3)n2)N(C)N)c(F)cc1OC1CCCCC1. The lowest BCUT2D eigenvalue weighted by Gasteiger charge is -2.24. The van der Waals surface area contributed by atoms with Crippen LogP contribution in [-0.4, -0.2) is 39.8 Å². The van der Waals surface area contributed by atoms with Crippen LogP contribution in [0.4, 0.5) is 10.3 Å². The normalized spacial score (nSPS) is 17.8. The first kappa shape index (κ1) is 24.3. The molecule has 0 atom stereocenters. The van der Waals surface area contributed by atoms with E-state index in [4.69, 9.17) is 20.8 Å². The largest absolute Gasteiger partial charge is 0.488 e. The zero-order chi connectivity index (χ0) is 24.1. The summed E-state index contributed by atoms with van der Waals surface area (Å²) in [6.45, 7) is 1.98. The van der Waals surface area contributed by atoms with Crippen molar-refractivity contribution >= 4 is 11.6 Å². The minimum Gasteiger partial charge on any atom is -0.488 e. The van der Waals surface area contributed by atoms with Crippen LogP contribution >= 0.6 is 0 Å². The number of ether oxygens (including phenoxy) is 1. The fourth-order valence-electron chi connectivity index (χ4n) is 4.48. The van der Waals surface area contributed by atoms with Gasteiger partial charge in [-0.1, -0.05) is 25.7 Å². The fraction of sp³-hybridized carbons (Fsp3) is 0.625.